The molecule has 0 aromatic heterocycles. The first-order chi connectivity index (χ1) is 18.4. The van der Waals surface area contributed by atoms with E-state index >= 15 is 0 Å². The smallest absolute Gasteiger partial charge is 0.319 e. The number of ketones is 2. The van der Waals surface area contributed by atoms with Crippen molar-refractivity contribution in [1.82, 2.24) is 0 Å². The molecule has 8 heteroatoms. The summed E-state index contributed by atoms with van der Waals surface area (Å²) in [5.41, 5.74) is -1.84. The van der Waals surface area contributed by atoms with Crippen molar-refractivity contribution >= 4 is 19.4 Å². The highest BCUT2D eigenvalue weighted by molar-refractivity contribution is 7.46. The van der Waals surface area contributed by atoms with Crippen LogP contribution in [0.5, 0.6) is 0 Å². The molecule has 0 aromatic rings. The van der Waals surface area contributed by atoms with Gasteiger partial charge in [-0.3, -0.25) is 14.1 Å². The van der Waals surface area contributed by atoms with Crippen LogP contribution in [-0.2, 0) is 18.7 Å². The summed E-state index contributed by atoms with van der Waals surface area (Å²) < 4.78 is 17.5. The highest BCUT2D eigenvalue weighted by Gasteiger charge is 2.57. The van der Waals surface area contributed by atoms with Gasteiger partial charge in [-0.2, -0.15) is 0 Å². The molecule has 0 spiro atoms. The molecular formula is C31H63NO6P+. The molecular weight excluding hydrogens is 513 g/mol. The van der Waals surface area contributed by atoms with Gasteiger partial charge in [0.05, 0.1) is 21.1 Å². The van der Waals surface area contributed by atoms with Crippen LogP contribution in [0.3, 0.4) is 0 Å². The molecule has 2 unspecified atom stereocenters. The van der Waals surface area contributed by atoms with Gasteiger partial charge in [0.2, 0.25) is 0 Å². The van der Waals surface area contributed by atoms with Gasteiger partial charge in [-0.25, -0.2) is 4.57 Å². The molecule has 0 radical (unpaired) electrons. The third-order valence-electron chi connectivity index (χ3n) is 7.83. The molecule has 39 heavy (non-hydrogen) atoms. The number of unbranched alkanes of at least 4 members (excludes halogenated alkanes) is 16. The number of phosphoric acid groups is 1. The predicted molar refractivity (Wildman–Crippen MR) is 162 cm³/mol. The Morgan fingerprint density at radius 1 is 0.667 bits per heavy atom. The first-order valence-corrected chi connectivity index (χ1v) is 17.5. The van der Waals surface area contributed by atoms with Crippen LogP contribution in [0.25, 0.3) is 0 Å². The van der Waals surface area contributed by atoms with Crippen LogP contribution in [-0.4, -0.2) is 58.6 Å². The number of hydrogen-bond acceptors (Lipinski definition) is 4. The zero-order valence-corrected chi connectivity index (χ0v) is 27.2. The maximum absolute atomic E-state index is 13.7. The summed E-state index contributed by atoms with van der Waals surface area (Å²) in [6.45, 7) is 6.11. The Morgan fingerprint density at radius 3 is 1.36 bits per heavy atom. The highest BCUT2D eigenvalue weighted by atomic mass is 31.2. The molecule has 0 fully saturated rings. The molecule has 232 valence electrons. The molecule has 2 atom stereocenters. The van der Waals surface area contributed by atoms with Crippen molar-refractivity contribution in [1.29, 1.82) is 0 Å². The molecule has 0 rings (SSSR count). The van der Waals surface area contributed by atoms with E-state index in [2.05, 4.69) is 13.8 Å². The molecule has 0 aliphatic heterocycles. The van der Waals surface area contributed by atoms with Crippen molar-refractivity contribution in [2.75, 3.05) is 21.1 Å². The fourth-order valence-corrected chi connectivity index (χ4v) is 6.55. The van der Waals surface area contributed by atoms with Gasteiger partial charge in [-0.15, -0.1) is 0 Å². The zero-order valence-electron chi connectivity index (χ0n) is 26.3. The average molecular weight is 577 g/mol. The van der Waals surface area contributed by atoms with E-state index in [0.29, 0.717) is 12.8 Å². The Kier molecular flexibility index (Phi) is 20.8. The second-order valence-corrected chi connectivity index (χ2v) is 13.6. The lowest BCUT2D eigenvalue weighted by atomic mass is 9.79. The van der Waals surface area contributed by atoms with Gasteiger partial charge in [0.15, 0.2) is 23.2 Å². The molecule has 0 bridgehead atoms. The van der Waals surface area contributed by atoms with E-state index < -0.39 is 19.5 Å². The molecule has 2 N–H and O–H groups in total. The fraction of sp³-hybridized carbons (Fsp3) is 0.935. The Labute approximate surface area is 240 Å². The third kappa shape index (κ3) is 17.1. The number of quaternary nitrogens is 1. The van der Waals surface area contributed by atoms with Crippen LogP contribution < -0.4 is 0 Å². The number of Topliss-reactive ketones (excluding diaryl/α,β-unsaturated/α-hetero) is 2. The molecule has 0 saturated carbocycles. The molecule has 0 heterocycles. The van der Waals surface area contributed by atoms with Crippen LogP contribution in [0, 0.1) is 0 Å². The number of carbonyl (C=O) groups excluding carboxylic acids is 2. The molecule has 0 amide bonds. The van der Waals surface area contributed by atoms with Crippen molar-refractivity contribution < 1.29 is 32.9 Å². The fourth-order valence-electron chi connectivity index (χ4n) is 5.79. The number of hydrogen-bond donors (Lipinski definition) is 2. The Balaban J connectivity index is 5.22. The number of likely N-dealkylation sites (N-methyl/N-ethyl adjacent to an activating group) is 1. The van der Waals surface area contributed by atoms with E-state index in [1.54, 1.807) is 28.1 Å². The number of carbonyl (C=O) groups is 2. The van der Waals surface area contributed by atoms with Gasteiger partial charge in [0.25, 0.3) is 0 Å². The topological polar surface area (TPSA) is 101 Å². The van der Waals surface area contributed by atoms with Crippen LogP contribution in [0.15, 0.2) is 0 Å². The number of phosphoric ester groups is 1. The second kappa shape index (κ2) is 21.2. The van der Waals surface area contributed by atoms with E-state index in [-0.39, 0.29) is 35.3 Å². The Morgan fingerprint density at radius 2 is 1.03 bits per heavy atom. The minimum atomic E-state index is -5.02. The summed E-state index contributed by atoms with van der Waals surface area (Å²) in [7, 11) is 0.391. The largest absolute Gasteiger partial charge is 0.470 e. The van der Waals surface area contributed by atoms with Crippen molar-refractivity contribution in [3.05, 3.63) is 0 Å². The Hall–Kier alpha value is -0.590. The van der Waals surface area contributed by atoms with Gasteiger partial charge in [0.1, 0.15) is 0 Å². The minimum Gasteiger partial charge on any atom is -0.319 e. The van der Waals surface area contributed by atoms with Crippen molar-refractivity contribution in [2.24, 2.45) is 0 Å². The van der Waals surface area contributed by atoms with Gasteiger partial charge in [-0.05, 0) is 19.3 Å². The normalized spacial score (nSPS) is 14.8. The Bertz CT molecular complexity index is 702. The first kappa shape index (κ1) is 38.4. The summed E-state index contributed by atoms with van der Waals surface area (Å²) in [6, 6.07) is -0.977. The van der Waals surface area contributed by atoms with E-state index in [4.69, 9.17) is 4.52 Å². The van der Waals surface area contributed by atoms with E-state index in [0.717, 1.165) is 38.5 Å². The summed E-state index contributed by atoms with van der Waals surface area (Å²) in [4.78, 5) is 46.9. The van der Waals surface area contributed by atoms with Crippen molar-refractivity contribution in [3.8, 4) is 0 Å². The first-order valence-electron chi connectivity index (χ1n) is 16.0. The van der Waals surface area contributed by atoms with Crippen LogP contribution >= 0.6 is 7.82 Å². The van der Waals surface area contributed by atoms with Crippen molar-refractivity contribution in [2.45, 2.75) is 167 Å². The molecule has 0 aliphatic carbocycles. The number of rotatable bonds is 27. The quantitative estimate of drug-likeness (QED) is 0.0579. The van der Waals surface area contributed by atoms with E-state index in [1.165, 1.54) is 64.2 Å². The lowest BCUT2D eigenvalue weighted by molar-refractivity contribution is -0.892. The van der Waals surface area contributed by atoms with E-state index in [9.17, 15) is 23.9 Å². The summed E-state index contributed by atoms with van der Waals surface area (Å²) >= 11 is 0. The molecule has 7 nitrogen and oxygen atoms in total. The minimum absolute atomic E-state index is 0.0397. The molecule has 0 aromatic carbocycles. The van der Waals surface area contributed by atoms with Crippen molar-refractivity contribution in [3.63, 3.8) is 0 Å². The predicted octanol–water partition coefficient (Wildman–Crippen LogP) is 8.30. The van der Waals surface area contributed by atoms with Gasteiger partial charge >= 0.3 is 7.82 Å². The maximum Gasteiger partial charge on any atom is 0.470 e. The average Bonchev–Trinajstić information content (AvgIpc) is 2.84. The van der Waals surface area contributed by atoms with Gasteiger partial charge in [0, 0.05) is 12.8 Å². The summed E-state index contributed by atoms with van der Waals surface area (Å²) in [5, 5.41) is 0. The zero-order chi connectivity index (χ0) is 29.8. The third-order valence-corrected chi connectivity index (χ3v) is 8.40. The van der Waals surface area contributed by atoms with Gasteiger partial charge < -0.3 is 14.3 Å². The SMILES string of the molecule is CCCCCCCCCCCC(=O)C(C(CC)(OP(=O)(O)O)C(=O)CCCCCCCCCCC)[N+](C)(C)C. The standard InChI is InChI=1S/C31H62NO6P/c1-7-10-12-14-16-18-20-22-24-26-28(33)30(32(4,5)6)31(9-3,38-39(35,36)37)29(34)27-25-23-21-19-17-15-13-11-8-2/h30H,7-27H2,1-6H3,(H-,35,36,37)/p+1. The van der Waals surface area contributed by atoms with Gasteiger partial charge in [-0.1, -0.05) is 124 Å². The maximum atomic E-state index is 13.7. The van der Waals surface area contributed by atoms with Crippen LogP contribution in [0.2, 0.25) is 0 Å². The lowest BCUT2D eigenvalue weighted by Crippen LogP contribution is -2.66. The lowest BCUT2D eigenvalue weighted by Gasteiger charge is -2.44. The molecule has 0 saturated heterocycles. The highest BCUT2D eigenvalue weighted by Crippen LogP contribution is 2.47. The van der Waals surface area contributed by atoms with E-state index in [1.807, 2.05) is 0 Å². The summed E-state index contributed by atoms with van der Waals surface area (Å²) in [6.07, 6.45) is 20.6. The van der Waals surface area contributed by atoms with Crippen LogP contribution in [0.4, 0.5) is 0 Å². The second-order valence-electron chi connectivity index (χ2n) is 12.4. The number of nitrogens with zero attached hydrogens (tertiary/aromatic N) is 1. The summed E-state index contributed by atoms with van der Waals surface area (Å²) in [5.74, 6) is -0.518. The van der Waals surface area contributed by atoms with Crippen LogP contribution in [0.1, 0.15) is 156 Å². The molecule has 0 aliphatic rings. The monoisotopic (exact) mass is 576 g/mol.